The van der Waals surface area contributed by atoms with Crippen LogP contribution in [0.1, 0.15) is 48.0 Å². The molecule has 0 spiro atoms. The van der Waals surface area contributed by atoms with Crippen molar-refractivity contribution in [1.29, 1.82) is 0 Å². The summed E-state index contributed by atoms with van der Waals surface area (Å²) < 4.78 is 2.21. The molecule has 6 rings (SSSR count). The third-order valence-corrected chi connectivity index (χ3v) is 6.91. The quantitative estimate of drug-likeness (QED) is 0.616. The number of nitrogens with zero attached hydrogens (tertiary/aromatic N) is 4. The number of carbonyl (C=O) groups excluding carboxylic acids is 1. The Bertz CT molecular complexity index is 1200. The van der Waals surface area contributed by atoms with E-state index in [1.54, 1.807) is 6.20 Å². The molecule has 1 aromatic carbocycles. The second kappa shape index (κ2) is 7.49. The zero-order valence-corrected chi connectivity index (χ0v) is 17.6. The lowest BCUT2D eigenvalue weighted by Crippen LogP contribution is -2.43. The predicted octanol–water partition coefficient (Wildman–Crippen LogP) is 4.62. The van der Waals surface area contributed by atoms with Gasteiger partial charge < -0.3 is 9.47 Å². The Balaban J connectivity index is 1.32. The van der Waals surface area contributed by atoms with Crippen molar-refractivity contribution in [3.63, 3.8) is 0 Å². The van der Waals surface area contributed by atoms with Gasteiger partial charge in [0.1, 0.15) is 0 Å². The number of hydrogen-bond acceptors (Lipinski definition) is 3. The number of carbonyl (C=O) groups is 1. The molecule has 156 valence electrons. The van der Waals surface area contributed by atoms with Crippen molar-refractivity contribution in [3.8, 4) is 0 Å². The molecule has 0 radical (unpaired) electrons. The molecule has 0 bridgehead atoms. The highest BCUT2D eigenvalue weighted by atomic mass is 16.2. The van der Waals surface area contributed by atoms with Gasteiger partial charge in [0.2, 0.25) is 0 Å². The standard InChI is InChI=1S/C26H26N4O/c31-26(30(21-8-9-21)22-7-6-19-15-28-16-20(19)13-22)24-4-1-5-25-23(24)10-12-29(25)17-18-3-2-11-27-14-18/h1-5,10-12,14,16,21-22H,6-9,13,15,17H2. The molecule has 0 N–H and O–H groups in total. The van der Waals surface area contributed by atoms with Crippen LogP contribution in [0.3, 0.4) is 0 Å². The summed E-state index contributed by atoms with van der Waals surface area (Å²) in [4.78, 5) is 24.7. The van der Waals surface area contributed by atoms with Crippen LogP contribution in [-0.4, -0.2) is 45.2 Å². The van der Waals surface area contributed by atoms with Crippen LogP contribution < -0.4 is 0 Å². The average molecular weight is 411 g/mol. The first-order valence-corrected chi connectivity index (χ1v) is 11.3. The third kappa shape index (κ3) is 3.38. The summed E-state index contributed by atoms with van der Waals surface area (Å²) in [6.07, 6.45) is 13.2. The van der Waals surface area contributed by atoms with Gasteiger partial charge in [-0.05, 0) is 73.1 Å². The first-order chi connectivity index (χ1) is 15.3. The van der Waals surface area contributed by atoms with Gasteiger partial charge in [-0.15, -0.1) is 0 Å². The summed E-state index contributed by atoms with van der Waals surface area (Å²) in [5.74, 6) is 0.191. The lowest BCUT2D eigenvalue weighted by Gasteiger charge is -2.35. The van der Waals surface area contributed by atoms with Crippen molar-refractivity contribution in [2.75, 3.05) is 6.54 Å². The maximum Gasteiger partial charge on any atom is 0.255 e. The highest BCUT2D eigenvalue weighted by Crippen LogP contribution is 2.38. The number of hydrogen-bond donors (Lipinski definition) is 0. The molecule has 2 aliphatic carbocycles. The molecule has 1 saturated carbocycles. The number of benzene rings is 1. The Labute approximate surface area is 182 Å². The van der Waals surface area contributed by atoms with Crippen molar-refractivity contribution in [2.45, 2.75) is 50.7 Å². The molecule has 1 amide bonds. The lowest BCUT2D eigenvalue weighted by molar-refractivity contribution is 0.0647. The lowest BCUT2D eigenvalue weighted by atomic mass is 9.88. The molecule has 2 aromatic heterocycles. The van der Waals surface area contributed by atoms with Gasteiger partial charge in [0.25, 0.3) is 5.91 Å². The molecular formula is C26H26N4O. The Morgan fingerprint density at radius 1 is 1.10 bits per heavy atom. The Hall–Kier alpha value is -3.21. The maximum atomic E-state index is 13.9. The second-order valence-electron chi connectivity index (χ2n) is 8.98. The van der Waals surface area contributed by atoms with Crippen LogP contribution >= 0.6 is 0 Å². The Morgan fingerprint density at radius 2 is 2.03 bits per heavy atom. The van der Waals surface area contributed by atoms with Crippen LogP contribution in [-0.2, 0) is 6.54 Å². The topological polar surface area (TPSA) is 50.5 Å². The van der Waals surface area contributed by atoms with Crippen LogP contribution in [0.25, 0.3) is 10.9 Å². The summed E-state index contributed by atoms with van der Waals surface area (Å²) in [6.45, 7) is 1.61. The van der Waals surface area contributed by atoms with E-state index >= 15 is 0 Å². The smallest absolute Gasteiger partial charge is 0.255 e. The van der Waals surface area contributed by atoms with Gasteiger partial charge >= 0.3 is 0 Å². The highest BCUT2D eigenvalue weighted by Gasteiger charge is 2.40. The van der Waals surface area contributed by atoms with Crippen molar-refractivity contribution in [3.05, 3.63) is 77.3 Å². The maximum absolute atomic E-state index is 13.9. The molecule has 31 heavy (non-hydrogen) atoms. The molecule has 3 aliphatic rings. The molecule has 3 heterocycles. The normalized spacial score (nSPS) is 20.3. The van der Waals surface area contributed by atoms with Crippen LogP contribution in [0, 0.1) is 0 Å². The van der Waals surface area contributed by atoms with Crippen molar-refractivity contribution < 1.29 is 4.79 Å². The minimum atomic E-state index is 0.191. The summed E-state index contributed by atoms with van der Waals surface area (Å²) in [5, 5.41) is 1.04. The van der Waals surface area contributed by atoms with Crippen LogP contribution in [0.2, 0.25) is 0 Å². The number of aromatic nitrogens is 2. The van der Waals surface area contributed by atoms with Crippen molar-refractivity contribution in [1.82, 2.24) is 14.5 Å². The summed E-state index contributed by atoms with van der Waals surface area (Å²) in [6, 6.07) is 12.9. The molecular weight excluding hydrogens is 384 g/mol. The molecule has 1 unspecified atom stereocenters. The second-order valence-corrected chi connectivity index (χ2v) is 8.98. The van der Waals surface area contributed by atoms with Gasteiger partial charge in [0.05, 0.1) is 6.54 Å². The van der Waals surface area contributed by atoms with E-state index in [0.717, 1.165) is 67.2 Å². The van der Waals surface area contributed by atoms with E-state index in [0.29, 0.717) is 6.04 Å². The molecule has 0 saturated heterocycles. The van der Waals surface area contributed by atoms with Gasteiger partial charge in [-0.3, -0.25) is 14.8 Å². The molecule has 1 atom stereocenters. The van der Waals surface area contributed by atoms with E-state index in [-0.39, 0.29) is 11.9 Å². The van der Waals surface area contributed by atoms with Crippen LogP contribution in [0.4, 0.5) is 0 Å². The van der Waals surface area contributed by atoms with E-state index in [9.17, 15) is 4.79 Å². The van der Waals surface area contributed by atoms with Gasteiger partial charge in [0, 0.05) is 59.9 Å². The number of pyridine rings is 1. The van der Waals surface area contributed by atoms with E-state index < -0.39 is 0 Å². The molecule has 5 nitrogen and oxygen atoms in total. The van der Waals surface area contributed by atoms with Crippen molar-refractivity contribution >= 4 is 23.0 Å². The van der Waals surface area contributed by atoms with Gasteiger partial charge in [-0.25, -0.2) is 0 Å². The molecule has 5 heteroatoms. The van der Waals surface area contributed by atoms with Crippen LogP contribution in [0.5, 0.6) is 0 Å². The van der Waals surface area contributed by atoms with Gasteiger partial charge in [-0.1, -0.05) is 12.1 Å². The molecule has 3 aromatic rings. The Kier molecular flexibility index (Phi) is 4.48. The number of rotatable bonds is 5. The SMILES string of the molecule is O=C(c1cccc2c1ccn2Cc1cccnc1)N(C1CC1)C1CCC2=C(C=NC2)C1. The zero-order valence-electron chi connectivity index (χ0n) is 17.6. The van der Waals surface area contributed by atoms with Crippen LogP contribution in [0.15, 0.2) is 71.1 Å². The fourth-order valence-electron chi connectivity index (χ4n) is 5.19. The minimum Gasteiger partial charge on any atom is -0.343 e. The average Bonchev–Trinajstić information content (AvgIpc) is 3.37. The highest BCUT2D eigenvalue weighted by molar-refractivity contribution is 6.07. The predicted molar refractivity (Wildman–Crippen MR) is 122 cm³/mol. The first-order valence-electron chi connectivity index (χ1n) is 11.3. The summed E-state index contributed by atoms with van der Waals surface area (Å²) in [7, 11) is 0. The largest absolute Gasteiger partial charge is 0.343 e. The number of aliphatic imine (C=N–C) groups is 1. The zero-order chi connectivity index (χ0) is 20.8. The fraction of sp³-hybridized carbons (Fsp3) is 0.346. The summed E-state index contributed by atoms with van der Waals surface area (Å²) in [5.41, 5.74) is 5.93. The molecule has 1 aliphatic heterocycles. The third-order valence-electron chi connectivity index (χ3n) is 6.91. The number of fused-ring (bicyclic) bond motifs is 1. The van der Waals surface area contributed by atoms with Crippen molar-refractivity contribution in [2.24, 2.45) is 4.99 Å². The number of amides is 1. The van der Waals surface area contributed by atoms with E-state index in [4.69, 9.17) is 0 Å². The van der Waals surface area contributed by atoms with Gasteiger partial charge in [-0.2, -0.15) is 0 Å². The fourth-order valence-corrected chi connectivity index (χ4v) is 5.19. The van der Waals surface area contributed by atoms with E-state index in [1.165, 1.54) is 11.1 Å². The monoisotopic (exact) mass is 410 g/mol. The summed E-state index contributed by atoms with van der Waals surface area (Å²) >= 11 is 0. The van der Waals surface area contributed by atoms with Gasteiger partial charge in [0.15, 0.2) is 0 Å². The van der Waals surface area contributed by atoms with E-state index in [1.807, 2.05) is 30.6 Å². The minimum absolute atomic E-state index is 0.191. The van der Waals surface area contributed by atoms with E-state index in [2.05, 4.69) is 43.8 Å². The first kappa shape index (κ1) is 18.6. The Morgan fingerprint density at radius 3 is 2.87 bits per heavy atom. The molecule has 1 fully saturated rings.